The van der Waals surface area contributed by atoms with E-state index < -0.39 is 36.0 Å². The van der Waals surface area contributed by atoms with E-state index in [-0.39, 0.29) is 11.1 Å². The first-order valence-electron chi connectivity index (χ1n) is 11.3. The van der Waals surface area contributed by atoms with Crippen LogP contribution in [0.5, 0.6) is 5.75 Å². The zero-order valence-electron chi connectivity index (χ0n) is 19.4. The lowest BCUT2D eigenvalue weighted by Gasteiger charge is -2.10. The molecule has 0 aromatic heterocycles. The first kappa shape index (κ1) is 25.9. The fourth-order valence-corrected chi connectivity index (χ4v) is 3.76. The Kier molecular flexibility index (Phi) is 7.58. The summed E-state index contributed by atoms with van der Waals surface area (Å²) in [6.07, 6.45) is -1.08. The van der Waals surface area contributed by atoms with Crippen LogP contribution in [-0.2, 0) is 6.42 Å². The molecule has 4 rings (SSSR count). The van der Waals surface area contributed by atoms with Gasteiger partial charge in [-0.05, 0) is 59.2 Å². The van der Waals surface area contributed by atoms with Crippen molar-refractivity contribution in [3.05, 3.63) is 114 Å². The number of hydrogen-bond acceptors (Lipinski definition) is 1. The Labute approximate surface area is 210 Å². The highest BCUT2D eigenvalue weighted by atomic mass is 19.4. The molecule has 0 fully saturated rings. The lowest BCUT2D eigenvalue weighted by molar-refractivity contribution is -0.154. The van der Waals surface area contributed by atoms with Crippen molar-refractivity contribution in [1.82, 2.24) is 0 Å². The Morgan fingerprint density at radius 2 is 1.49 bits per heavy atom. The maximum Gasteiger partial charge on any atom is 0.422 e. The van der Waals surface area contributed by atoms with Crippen LogP contribution in [0.3, 0.4) is 0 Å². The molecule has 0 spiro atoms. The van der Waals surface area contributed by atoms with Crippen LogP contribution in [0.1, 0.15) is 23.1 Å². The third-order valence-electron chi connectivity index (χ3n) is 5.60. The summed E-state index contributed by atoms with van der Waals surface area (Å²) in [5, 5.41) is 0.978. The highest BCUT2D eigenvalue weighted by Crippen LogP contribution is 2.29. The Morgan fingerprint density at radius 1 is 0.811 bits per heavy atom. The van der Waals surface area contributed by atoms with Crippen LogP contribution in [0, 0.1) is 29.3 Å². The van der Waals surface area contributed by atoms with E-state index in [1.54, 1.807) is 18.2 Å². The second kappa shape index (κ2) is 10.8. The number of aryl methyl sites for hydroxylation is 1. The third-order valence-corrected chi connectivity index (χ3v) is 5.60. The van der Waals surface area contributed by atoms with E-state index in [1.165, 1.54) is 11.6 Å². The van der Waals surface area contributed by atoms with Crippen LogP contribution in [-0.4, -0.2) is 12.8 Å². The molecule has 0 saturated carbocycles. The lowest BCUT2D eigenvalue weighted by atomic mass is 9.98. The summed E-state index contributed by atoms with van der Waals surface area (Å²) in [4.78, 5) is 0. The zero-order valence-corrected chi connectivity index (χ0v) is 19.4. The Balaban J connectivity index is 1.57. The maximum atomic E-state index is 15.1. The van der Waals surface area contributed by atoms with Gasteiger partial charge in [-0.3, -0.25) is 0 Å². The van der Waals surface area contributed by atoms with Crippen LogP contribution in [0.25, 0.3) is 21.9 Å². The number of rotatable bonds is 6. The fourth-order valence-electron chi connectivity index (χ4n) is 3.76. The highest BCUT2D eigenvalue weighted by molar-refractivity contribution is 5.89. The molecule has 1 nitrogen and oxygen atoms in total. The van der Waals surface area contributed by atoms with Gasteiger partial charge in [-0.1, -0.05) is 60.4 Å². The minimum absolute atomic E-state index is 0.00466. The quantitative estimate of drug-likeness (QED) is 0.144. The van der Waals surface area contributed by atoms with Crippen molar-refractivity contribution < 1.29 is 31.1 Å². The van der Waals surface area contributed by atoms with E-state index >= 15 is 4.39 Å². The number of fused-ring (bicyclic) bond motifs is 1. The Morgan fingerprint density at radius 3 is 2.14 bits per heavy atom. The summed E-state index contributed by atoms with van der Waals surface area (Å²) >= 11 is 0. The smallest absolute Gasteiger partial charge is 0.422 e. The van der Waals surface area contributed by atoms with Crippen LogP contribution >= 0.6 is 0 Å². The van der Waals surface area contributed by atoms with Crippen molar-refractivity contribution in [1.29, 1.82) is 0 Å². The van der Waals surface area contributed by atoms with Crippen molar-refractivity contribution >= 4 is 10.8 Å². The molecule has 0 atom stereocenters. The number of hydrogen-bond donors (Lipinski definition) is 0. The molecule has 0 amide bonds. The summed E-state index contributed by atoms with van der Waals surface area (Å²) in [6.45, 7) is 1.89. The summed E-state index contributed by atoms with van der Waals surface area (Å²) < 4.78 is 84.3. The monoisotopic (exact) mass is 510 g/mol. The van der Waals surface area contributed by atoms with Crippen LogP contribution in [0.2, 0.25) is 0 Å². The minimum Gasteiger partial charge on any atom is -0.478 e. The van der Waals surface area contributed by atoms with Crippen molar-refractivity contribution in [2.75, 3.05) is 6.61 Å². The van der Waals surface area contributed by atoms with Crippen LogP contribution in [0.15, 0.2) is 79.4 Å². The summed E-state index contributed by atoms with van der Waals surface area (Å²) in [5.74, 6) is 0.561. The van der Waals surface area contributed by atoms with Crippen molar-refractivity contribution in [3.63, 3.8) is 0 Å². The molecule has 0 aliphatic heterocycles. The number of alkyl halides is 3. The van der Waals surface area contributed by atoms with E-state index in [1.807, 2.05) is 36.4 Å². The predicted molar refractivity (Wildman–Crippen MR) is 132 cm³/mol. The molecule has 4 aromatic rings. The number of benzene rings is 4. The average Bonchev–Trinajstić information content (AvgIpc) is 2.86. The summed E-state index contributed by atoms with van der Waals surface area (Å²) in [5.41, 5.74) is 2.92. The number of allylic oxidation sites excluding steroid dienone is 1. The van der Waals surface area contributed by atoms with Gasteiger partial charge in [0.05, 0.1) is 5.56 Å². The molecule has 0 N–H and O–H groups in total. The van der Waals surface area contributed by atoms with Crippen LogP contribution in [0.4, 0.5) is 26.3 Å². The van der Waals surface area contributed by atoms with Crippen molar-refractivity contribution in [2.45, 2.75) is 19.0 Å². The first-order chi connectivity index (χ1) is 17.6. The first-order valence-corrected chi connectivity index (χ1v) is 11.3. The molecule has 0 heterocycles. The molecule has 7 heteroatoms. The molecule has 0 saturated heterocycles. The second-order valence-corrected chi connectivity index (χ2v) is 8.31. The van der Waals surface area contributed by atoms with Gasteiger partial charge < -0.3 is 4.74 Å². The van der Waals surface area contributed by atoms with Crippen molar-refractivity contribution in [2.24, 2.45) is 0 Å². The molecule has 0 aliphatic carbocycles. The molecule has 188 valence electrons. The molecule has 37 heavy (non-hydrogen) atoms. The summed E-state index contributed by atoms with van der Waals surface area (Å²) in [7, 11) is 0. The van der Waals surface area contributed by atoms with E-state index in [2.05, 4.69) is 23.2 Å². The predicted octanol–water partition coefficient (Wildman–Crippen LogP) is 8.38. The maximum absolute atomic E-state index is 15.1. The van der Waals surface area contributed by atoms with E-state index in [0.717, 1.165) is 36.1 Å². The molecule has 0 radical (unpaired) electrons. The normalized spacial score (nSPS) is 11.2. The number of halogens is 6. The van der Waals surface area contributed by atoms with Gasteiger partial charge in [0.2, 0.25) is 0 Å². The fraction of sp³-hybridized carbons (Fsp3) is 0.133. The van der Waals surface area contributed by atoms with Gasteiger partial charge in [0, 0.05) is 10.9 Å². The van der Waals surface area contributed by atoms with Gasteiger partial charge in [0.1, 0.15) is 5.82 Å². The Bertz CT molecular complexity index is 1480. The number of ether oxygens (including phenoxy) is 1. The van der Waals surface area contributed by atoms with Gasteiger partial charge >= 0.3 is 6.18 Å². The molecule has 4 aromatic carbocycles. The topological polar surface area (TPSA) is 9.23 Å². The zero-order chi connectivity index (χ0) is 26.6. The average molecular weight is 510 g/mol. The SMILES string of the molecule is C=CCCc1ccc(-c2ccc3c(F)c(C#Cc4cc(F)c(OCC(F)(F)F)c(F)c4)ccc3c2)cc1. The molecular weight excluding hydrogens is 490 g/mol. The third kappa shape index (κ3) is 6.34. The molecular formula is C30H20F6O. The molecule has 0 bridgehead atoms. The van der Waals surface area contributed by atoms with Crippen molar-refractivity contribution in [3.8, 4) is 28.7 Å². The van der Waals surface area contributed by atoms with E-state index in [9.17, 15) is 22.0 Å². The van der Waals surface area contributed by atoms with E-state index in [0.29, 0.717) is 10.8 Å². The molecule has 0 unspecified atom stereocenters. The Hall–Kier alpha value is -4.18. The summed E-state index contributed by atoms with van der Waals surface area (Å²) in [6, 6.07) is 18.0. The van der Waals surface area contributed by atoms with Gasteiger partial charge in [-0.15, -0.1) is 6.58 Å². The van der Waals surface area contributed by atoms with Crippen LogP contribution < -0.4 is 4.74 Å². The molecule has 0 aliphatic rings. The minimum atomic E-state index is -4.75. The van der Waals surface area contributed by atoms with Gasteiger partial charge in [-0.25, -0.2) is 13.2 Å². The lowest BCUT2D eigenvalue weighted by Crippen LogP contribution is -2.20. The largest absolute Gasteiger partial charge is 0.478 e. The van der Waals surface area contributed by atoms with Gasteiger partial charge in [-0.2, -0.15) is 13.2 Å². The second-order valence-electron chi connectivity index (χ2n) is 8.31. The van der Waals surface area contributed by atoms with Gasteiger partial charge in [0.25, 0.3) is 0 Å². The van der Waals surface area contributed by atoms with Gasteiger partial charge in [0.15, 0.2) is 24.0 Å². The standard InChI is InChI=1S/C30H20F6O/c1-2-3-4-19-5-8-21(9-6-19)23-13-14-25-24(17-23)12-11-22(28(25)33)10-7-20-15-26(31)29(27(32)16-20)37-18-30(34,35)36/h2,5-6,8-9,11-17H,1,3-4,18H2. The highest BCUT2D eigenvalue weighted by Gasteiger charge is 2.29. The van der Waals surface area contributed by atoms with E-state index in [4.69, 9.17) is 0 Å².